The number of para-hydroxylation sites is 1. The molecule has 4 nitrogen and oxygen atoms in total. The SMILES string of the molecule is c1ccc(-c2cc(-c3ccccc3)nc(-c3cnc(-c4nc5ccccc5c5c4ccc4ccccc45)c4ccccc34)n2)cc1. The molecule has 9 aromatic rings. The maximum atomic E-state index is 5.25. The van der Waals surface area contributed by atoms with E-state index in [1.54, 1.807) is 0 Å². The highest BCUT2D eigenvalue weighted by molar-refractivity contribution is 6.23. The molecule has 214 valence electrons. The summed E-state index contributed by atoms with van der Waals surface area (Å²) in [7, 11) is 0. The summed E-state index contributed by atoms with van der Waals surface area (Å²) < 4.78 is 0. The Morgan fingerprint density at radius 2 is 0.978 bits per heavy atom. The predicted molar refractivity (Wildman–Crippen MR) is 189 cm³/mol. The van der Waals surface area contributed by atoms with Crippen LogP contribution in [-0.2, 0) is 0 Å². The van der Waals surface area contributed by atoms with E-state index in [-0.39, 0.29) is 0 Å². The molecule has 0 fully saturated rings. The van der Waals surface area contributed by atoms with Gasteiger partial charge in [-0.2, -0.15) is 0 Å². The van der Waals surface area contributed by atoms with Crippen molar-refractivity contribution in [2.45, 2.75) is 0 Å². The molecule has 46 heavy (non-hydrogen) atoms. The second kappa shape index (κ2) is 10.7. The van der Waals surface area contributed by atoms with E-state index in [4.69, 9.17) is 19.9 Å². The summed E-state index contributed by atoms with van der Waals surface area (Å²) in [6.07, 6.45) is 1.92. The summed E-state index contributed by atoms with van der Waals surface area (Å²) in [6, 6.07) is 52.3. The lowest BCUT2D eigenvalue weighted by molar-refractivity contribution is 1.18. The molecule has 0 aliphatic rings. The number of aromatic nitrogens is 4. The van der Waals surface area contributed by atoms with Crippen molar-refractivity contribution in [2.24, 2.45) is 0 Å². The van der Waals surface area contributed by atoms with Crippen LogP contribution in [0.2, 0.25) is 0 Å². The fraction of sp³-hybridized carbons (Fsp3) is 0. The van der Waals surface area contributed by atoms with E-state index in [1.165, 1.54) is 16.2 Å². The van der Waals surface area contributed by atoms with Crippen molar-refractivity contribution in [1.82, 2.24) is 19.9 Å². The molecule has 0 N–H and O–H groups in total. The number of fused-ring (bicyclic) bond motifs is 6. The van der Waals surface area contributed by atoms with Gasteiger partial charge in [-0.15, -0.1) is 0 Å². The summed E-state index contributed by atoms with van der Waals surface area (Å²) >= 11 is 0. The zero-order valence-electron chi connectivity index (χ0n) is 24.8. The van der Waals surface area contributed by atoms with Crippen molar-refractivity contribution in [1.29, 1.82) is 0 Å². The van der Waals surface area contributed by atoms with Crippen molar-refractivity contribution >= 4 is 43.2 Å². The fourth-order valence-corrected chi connectivity index (χ4v) is 6.54. The van der Waals surface area contributed by atoms with Gasteiger partial charge >= 0.3 is 0 Å². The van der Waals surface area contributed by atoms with Crippen LogP contribution >= 0.6 is 0 Å². The lowest BCUT2D eigenvalue weighted by atomic mass is 9.94. The molecule has 0 atom stereocenters. The number of benzene rings is 6. The molecule has 9 rings (SSSR count). The zero-order chi connectivity index (χ0) is 30.5. The zero-order valence-corrected chi connectivity index (χ0v) is 24.8. The molecular weight excluding hydrogens is 560 g/mol. The standard InChI is InChI=1S/C42H26N4/c1-3-14-28(15-4-1)37-25-38(29-16-5-2-6-17-29)46-42(45-37)35-26-43-40(32-20-10-9-19-31(32)35)41-34-24-23-27-13-7-8-18-30(27)39(34)33-21-11-12-22-36(33)44-41/h1-26H. The average molecular weight is 587 g/mol. The Kier molecular flexibility index (Phi) is 6.10. The second-order valence-corrected chi connectivity index (χ2v) is 11.4. The fourth-order valence-electron chi connectivity index (χ4n) is 6.54. The third kappa shape index (κ3) is 4.31. The topological polar surface area (TPSA) is 51.6 Å². The number of hydrogen-bond donors (Lipinski definition) is 0. The summed E-state index contributed by atoms with van der Waals surface area (Å²) in [5.74, 6) is 0.637. The maximum absolute atomic E-state index is 5.25. The minimum absolute atomic E-state index is 0.637. The van der Waals surface area contributed by atoms with Crippen LogP contribution in [0, 0.1) is 0 Å². The molecule has 0 bridgehead atoms. The molecule has 0 amide bonds. The van der Waals surface area contributed by atoms with Crippen LogP contribution in [0.3, 0.4) is 0 Å². The van der Waals surface area contributed by atoms with Crippen LogP contribution in [0.4, 0.5) is 0 Å². The van der Waals surface area contributed by atoms with E-state index in [0.717, 1.165) is 66.5 Å². The van der Waals surface area contributed by atoms with Crippen LogP contribution in [0.1, 0.15) is 0 Å². The van der Waals surface area contributed by atoms with Crippen molar-refractivity contribution in [3.63, 3.8) is 0 Å². The third-order valence-electron chi connectivity index (χ3n) is 8.72. The molecule has 0 saturated heterocycles. The molecule has 0 unspecified atom stereocenters. The van der Waals surface area contributed by atoms with E-state index in [1.807, 2.05) is 48.7 Å². The highest BCUT2D eigenvalue weighted by Crippen LogP contribution is 2.40. The Bertz CT molecular complexity index is 2500. The van der Waals surface area contributed by atoms with Gasteiger partial charge in [-0.25, -0.2) is 15.0 Å². The molecule has 3 heterocycles. The first-order valence-corrected chi connectivity index (χ1v) is 15.4. The molecule has 3 aromatic heterocycles. The Hall–Kier alpha value is -6.26. The van der Waals surface area contributed by atoms with Gasteiger partial charge in [0.1, 0.15) is 0 Å². The van der Waals surface area contributed by atoms with Gasteiger partial charge in [-0.05, 0) is 28.3 Å². The summed E-state index contributed by atoms with van der Waals surface area (Å²) in [5, 5.41) is 7.86. The van der Waals surface area contributed by atoms with Crippen LogP contribution < -0.4 is 0 Å². The summed E-state index contributed by atoms with van der Waals surface area (Å²) in [6.45, 7) is 0. The van der Waals surface area contributed by atoms with E-state index in [2.05, 4.69) is 109 Å². The highest BCUT2D eigenvalue weighted by atomic mass is 14.9. The first kappa shape index (κ1) is 26.2. The highest BCUT2D eigenvalue weighted by Gasteiger charge is 2.19. The Labute approximate surface area is 265 Å². The molecule has 0 spiro atoms. The Morgan fingerprint density at radius 1 is 0.391 bits per heavy atom. The maximum Gasteiger partial charge on any atom is 0.162 e. The van der Waals surface area contributed by atoms with Crippen molar-refractivity contribution in [2.75, 3.05) is 0 Å². The van der Waals surface area contributed by atoms with E-state index < -0.39 is 0 Å². The Balaban J connectivity index is 1.31. The van der Waals surface area contributed by atoms with Gasteiger partial charge in [0.25, 0.3) is 0 Å². The van der Waals surface area contributed by atoms with Gasteiger partial charge in [0.2, 0.25) is 0 Å². The molecule has 0 aliphatic heterocycles. The van der Waals surface area contributed by atoms with Gasteiger partial charge in [-0.3, -0.25) is 4.98 Å². The van der Waals surface area contributed by atoms with Crippen molar-refractivity contribution in [3.05, 3.63) is 158 Å². The monoisotopic (exact) mass is 586 g/mol. The van der Waals surface area contributed by atoms with Gasteiger partial charge in [0.05, 0.1) is 28.3 Å². The van der Waals surface area contributed by atoms with Gasteiger partial charge in [0.15, 0.2) is 5.82 Å². The molecule has 4 heteroatoms. The lowest BCUT2D eigenvalue weighted by Gasteiger charge is -2.15. The first-order chi connectivity index (χ1) is 22.8. The third-order valence-corrected chi connectivity index (χ3v) is 8.72. The second-order valence-electron chi connectivity index (χ2n) is 11.4. The van der Waals surface area contributed by atoms with Gasteiger partial charge < -0.3 is 0 Å². The molecule has 0 saturated carbocycles. The van der Waals surface area contributed by atoms with Crippen molar-refractivity contribution < 1.29 is 0 Å². The van der Waals surface area contributed by atoms with Crippen molar-refractivity contribution in [3.8, 4) is 45.3 Å². The van der Waals surface area contributed by atoms with E-state index >= 15 is 0 Å². The van der Waals surface area contributed by atoms with Crippen LogP contribution in [0.5, 0.6) is 0 Å². The minimum atomic E-state index is 0.637. The van der Waals surface area contributed by atoms with Crippen LogP contribution in [0.25, 0.3) is 88.5 Å². The number of rotatable bonds is 4. The number of hydrogen-bond acceptors (Lipinski definition) is 4. The van der Waals surface area contributed by atoms with E-state index in [9.17, 15) is 0 Å². The van der Waals surface area contributed by atoms with Crippen LogP contribution in [-0.4, -0.2) is 19.9 Å². The molecule has 0 radical (unpaired) electrons. The normalized spacial score (nSPS) is 11.5. The molecule has 6 aromatic carbocycles. The quantitative estimate of drug-likeness (QED) is 0.193. The lowest BCUT2D eigenvalue weighted by Crippen LogP contribution is -1.99. The first-order valence-electron chi connectivity index (χ1n) is 15.4. The van der Waals surface area contributed by atoms with Gasteiger partial charge in [0, 0.05) is 44.4 Å². The minimum Gasteiger partial charge on any atom is -0.253 e. The number of pyridine rings is 2. The van der Waals surface area contributed by atoms with Crippen LogP contribution in [0.15, 0.2) is 158 Å². The van der Waals surface area contributed by atoms with Gasteiger partial charge in [-0.1, -0.05) is 140 Å². The Morgan fingerprint density at radius 3 is 1.70 bits per heavy atom. The molecular formula is C42H26N4. The number of nitrogens with zero attached hydrogens (tertiary/aromatic N) is 4. The summed E-state index contributed by atoms with van der Waals surface area (Å²) in [4.78, 5) is 20.6. The molecule has 0 aliphatic carbocycles. The van der Waals surface area contributed by atoms with E-state index in [0.29, 0.717) is 5.82 Å². The predicted octanol–water partition coefficient (Wildman–Crippen LogP) is 10.5. The average Bonchev–Trinajstić information content (AvgIpc) is 3.14. The largest absolute Gasteiger partial charge is 0.253 e. The smallest absolute Gasteiger partial charge is 0.162 e. The summed E-state index contributed by atoms with van der Waals surface area (Å²) in [5.41, 5.74) is 7.34.